The van der Waals surface area contributed by atoms with E-state index in [0.29, 0.717) is 28.3 Å². The summed E-state index contributed by atoms with van der Waals surface area (Å²) in [6, 6.07) is 21.1. The van der Waals surface area contributed by atoms with Gasteiger partial charge in [0.2, 0.25) is 5.91 Å². The van der Waals surface area contributed by atoms with Gasteiger partial charge in [-0.1, -0.05) is 54.1 Å². The minimum Gasteiger partial charge on any atom is -0.493 e. The van der Waals surface area contributed by atoms with E-state index in [1.54, 1.807) is 13.2 Å². The van der Waals surface area contributed by atoms with Crippen molar-refractivity contribution in [1.82, 2.24) is 4.98 Å². The maximum atomic E-state index is 12.5. The van der Waals surface area contributed by atoms with Crippen LogP contribution in [0.3, 0.4) is 0 Å². The summed E-state index contributed by atoms with van der Waals surface area (Å²) in [6.07, 6.45) is 3.20. The number of aromatic nitrogens is 1. The van der Waals surface area contributed by atoms with Gasteiger partial charge in [0.1, 0.15) is 6.61 Å². The molecule has 0 fully saturated rings. The van der Waals surface area contributed by atoms with E-state index < -0.39 is 0 Å². The van der Waals surface area contributed by atoms with Crippen LogP contribution in [0, 0.1) is 13.8 Å². The molecule has 4 rings (SSSR count). The van der Waals surface area contributed by atoms with Crippen molar-refractivity contribution in [3.8, 4) is 22.8 Å². The number of nitrogens with one attached hydrogen (secondary N) is 1. The summed E-state index contributed by atoms with van der Waals surface area (Å²) < 4.78 is 11.5. The molecule has 0 spiro atoms. The minimum atomic E-state index is -0.264. The highest BCUT2D eigenvalue weighted by atomic mass is 35.5. The van der Waals surface area contributed by atoms with Crippen molar-refractivity contribution in [3.05, 3.63) is 99.4 Å². The summed E-state index contributed by atoms with van der Waals surface area (Å²) in [7, 11) is 1.60. The predicted octanol–water partition coefficient (Wildman–Crippen LogP) is 7.32. The number of thiazole rings is 1. The number of methoxy groups -OCH3 is 1. The number of hydrogen-bond donors (Lipinski definition) is 1. The molecule has 0 radical (unpaired) electrons. The van der Waals surface area contributed by atoms with E-state index in [1.165, 1.54) is 23.0 Å². The average molecular weight is 505 g/mol. The van der Waals surface area contributed by atoms with Gasteiger partial charge in [0.25, 0.3) is 0 Å². The number of anilines is 1. The molecular weight excluding hydrogens is 480 g/mol. The van der Waals surface area contributed by atoms with Gasteiger partial charge in [0, 0.05) is 21.5 Å². The number of amides is 1. The van der Waals surface area contributed by atoms with Crippen molar-refractivity contribution < 1.29 is 14.3 Å². The average Bonchev–Trinajstić information content (AvgIpc) is 3.22. The molecule has 4 aromatic rings. The molecule has 1 aromatic heterocycles. The molecular formula is C28H25ClN2O3S. The topological polar surface area (TPSA) is 60.5 Å². The Morgan fingerprint density at radius 2 is 1.83 bits per heavy atom. The molecule has 1 amide bonds. The first-order chi connectivity index (χ1) is 16.9. The highest BCUT2D eigenvalue weighted by molar-refractivity contribution is 7.16. The fraction of sp³-hybridized carbons (Fsp3) is 0.143. The normalized spacial score (nSPS) is 11.0. The minimum absolute atomic E-state index is 0.264. The van der Waals surface area contributed by atoms with Crippen LogP contribution in [0.4, 0.5) is 5.13 Å². The lowest BCUT2D eigenvalue weighted by molar-refractivity contribution is -0.111. The molecule has 35 heavy (non-hydrogen) atoms. The Morgan fingerprint density at radius 3 is 2.57 bits per heavy atom. The van der Waals surface area contributed by atoms with E-state index in [2.05, 4.69) is 23.3 Å². The second-order valence-corrected chi connectivity index (χ2v) is 9.52. The number of benzene rings is 3. The van der Waals surface area contributed by atoms with Crippen LogP contribution in [0.1, 0.15) is 21.6 Å². The third-order valence-electron chi connectivity index (χ3n) is 5.40. The van der Waals surface area contributed by atoms with Crippen LogP contribution < -0.4 is 14.8 Å². The molecule has 3 aromatic carbocycles. The second kappa shape index (κ2) is 11.2. The first-order valence-corrected chi connectivity index (χ1v) is 12.2. The standard InChI is InChI=1S/C28H25ClN2O3S/c1-18-6-4-5-7-22(18)17-34-24-14-8-20(16-25(24)33-3)9-15-26(32)30-28-31-27(19(2)35-28)21-10-12-23(29)13-11-21/h4-16H,17H2,1-3H3,(H,30,31,32). The quantitative estimate of drug-likeness (QED) is 0.255. The Balaban J connectivity index is 1.40. The zero-order valence-electron chi connectivity index (χ0n) is 19.7. The number of rotatable bonds is 8. The number of aryl methyl sites for hydroxylation is 2. The summed E-state index contributed by atoms with van der Waals surface area (Å²) in [5, 5.41) is 4.05. The molecule has 0 saturated carbocycles. The summed E-state index contributed by atoms with van der Waals surface area (Å²) >= 11 is 7.40. The van der Waals surface area contributed by atoms with Crippen LogP contribution in [-0.4, -0.2) is 18.0 Å². The lowest BCUT2D eigenvalue weighted by Crippen LogP contribution is -2.07. The first-order valence-electron chi connectivity index (χ1n) is 11.0. The van der Waals surface area contributed by atoms with Crippen molar-refractivity contribution in [3.63, 3.8) is 0 Å². The molecule has 0 saturated heterocycles. The van der Waals surface area contributed by atoms with E-state index >= 15 is 0 Å². The van der Waals surface area contributed by atoms with Crippen LogP contribution in [0.2, 0.25) is 5.02 Å². The van der Waals surface area contributed by atoms with Crippen LogP contribution in [0.15, 0.2) is 72.8 Å². The van der Waals surface area contributed by atoms with Gasteiger partial charge < -0.3 is 9.47 Å². The van der Waals surface area contributed by atoms with Crippen LogP contribution in [0.25, 0.3) is 17.3 Å². The van der Waals surface area contributed by atoms with E-state index in [4.69, 9.17) is 21.1 Å². The number of nitrogens with zero attached hydrogens (tertiary/aromatic N) is 1. The highest BCUT2D eigenvalue weighted by Crippen LogP contribution is 2.32. The molecule has 0 unspecified atom stereocenters. The van der Waals surface area contributed by atoms with Gasteiger partial charge in [-0.15, -0.1) is 11.3 Å². The van der Waals surface area contributed by atoms with E-state index in [1.807, 2.05) is 67.6 Å². The smallest absolute Gasteiger partial charge is 0.250 e. The van der Waals surface area contributed by atoms with Gasteiger partial charge in [0.05, 0.1) is 12.8 Å². The number of carbonyl (C=O) groups is 1. The maximum Gasteiger partial charge on any atom is 0.250 e. The van der Waals surface area contributed by atoms with E-state index in [-0.39, 0.29) is 5.91 Å². The van der Waals surface area contributed by atoms with Gasteiger partial charge in [-0.3, -0.25) is 10.1 Å². The van der Waals surface area contributed by atoms with Crippen LogP contribution in [-0.2, 0) is 11.4 Å². The molecule has 0 aliphatic heterocycles. The molecule has 1 N–H and O–H groups in total. The lowest BCUT2D eigenvalue weighted by atomic mass is 10.1. The lowest BCUT2D eigenvalue weighted by Gasteiger charge is -2.12. The molecule has 7 heteroatoms. The zero-order chi connectivity index (χ0) is 24.8. The van der Waals surface area contributed by atoms with Crippen molar-refractivity contribution in [1.29, 1.82) is 0 Å². The zero-order valence-corrected chi connectivity index (χ0v) is 21.2. The summed E-state index contributed by atoms with van der Waals surface area (Å²) in [5.74, 6) is 0.981. The van der Waals surface area contributed by atoms with Gasteiger partial charge in [-0.25, -0.2) is 4.98 Å². The Bertz CT molecular complexity index is 1360. The molecule has 0 aliphatic rings. The summed E-state index contributed by atoms with van der Waals surface area (Å²) in [5.41, 5.74) is 4.89. The molecule has 1 heterocycles. The monoisotopic (exact) mass is 504 g/mol. The fourth-order valence-corrected chi connectivity index (χ4v) is 4.44. The van der Waals surface area contributed by atoms with E-state index in [0.717, 1.165) is 27.3 Å². The molecule has 5 nitrogen and oxygen atoms in total. The molecule has 0 atom stereocenters. The maximum absolute atomic E-state index is 12.5. The molecule has 178 valence electrons. The number of ether oxygens (including phenoxy) is 2. The van der Waals surface area contributed by atoms with Crippen molar-refractivity contribution in [2.24, 2.45) is 0 Å². The largest absolute Gasteiger partial charge is 0.493 e. The van der Waals surface area contributed by atoms with Crippen molar-refractivity contribution >= 4 is 40.1 Å². The van der Waals surface area contributed by atoms with Gasteiger partial charge in [-0.05, 0) is 60.9 Å². The Labute approximate surface area is 214 Å². The van der Waals surface area contributed by atoms with Crippen LogP contribution >= 0.6 is 22.9 Å². The second-order valence-electron chi connectivity index (χ2n) is 7.88. The highest BCUT2D eigenvalue weighted by Gasteiger charge is 2.11. The SMILES string of the molecule is COc1cc(C=CC(=O)Nc2nc(-c3ccc(Cl)cc3)c(C)s2)ccc1OCc1ccccc1C. The Hall–Kier alpha value is -3.61. The number of halogens is 1. The summed E-state index contributed by atoms with van der Waals surface area (Å²) in [4.78, 5) is 18.1. The third-order valence-corrected chi connectivity index (χ3v) is 6.54. The fourth-order valence-electron chi connectivity index (χ4n) is 3.48. The van der Waals surface area contributed by atoms with E-state index in [9.17, 15) is 4.79 Å². The first kappa shape index (κ1) is 24.5. The van der Waals surface area contributed by atoms with Crippen LogP contribution in [0.5, 0.6) is 11.5 Å². The summed E-state index contributed by atoms with van der Waals surface area (Å²) in [6.45, 7) is 4.48. The van der Waals surface area contributed by atoms with Gasteiger partial charge in [-0.2, -0.15) is 0 Å². The predicted molar refractivity (Wildman–Crippen MR) is 143 cm³/mol. The Morgan fingerprint density at radius 1 is 1.06 bits per heavy atom. The van der Waals surface area contributed by atoms with Crippen molar-refractivity contribution in [2.45, 2.75) is 20.5 Å². The third kappa shape index (κ3) is 6.29. The molecule has 0 aliphatic carbocycles. The molecule has 0 bridgehead atoms. The Kier molecular flexibility index (Phi) is 7.85. The van der Waals surface area contributed by atoms with Crippen molar-refractivity contribution in [2.75, 3.05) is 12.4 Å². The van der Waals surface area contributed by atoms with Gasteiger partial charge >= 0.3 is 0 Å². The van der Waals surface area contributed by atoms with Gasteiger partial charge in [0.15, 0.2) is 16.6 Å². The number of carbonyl (C=O) groups excluding carboxylic acids is 1. The number of hydrogen-bond acceptors (Lipinski definition) is 5.